The van der Waals surface area contributed by atoms with Crippen molar-refractivity contribution < 1.29 is 9.32 Å². The minimum absolute atomic E-state index is 0.337. The molecule has 1 heterocycles. The van der Waals surface area contributed by atoms with Gasteiger partial charge < -0.3 is 4.52 Å². The molecule has 0 saturated heterocycles. The van der Waals surface area contributed by atoms with Gasteiger partial charge in [0.05, 0.1) is 11.4 Å². The molecule has 3 aromatic rings. The summed E-state index contributed by atoms with van der Waals surface area (Å²) < 4.78 is 5.03. The highest BCUT2D eigenvalue weighted by atomic mass is 16.5. The van der Waals surface area contributed by atoms with Gasteiger partial charge in [-0.1, -0.05) is 65.8 Å². The van der Waals surface area contributed by atoms with Crippen LogP contribution in [0.5, 0.6) is 0 Å². The lowest BCUT2D eigenvalue weighted by Gasteiger charge is -2.08. The van der Waals surface area contributed by atoms with Crippen LogP contribution in [0.4, 0.5) is 0 Å². The first-order valence-corrected chi connectivity index (χ1v) is 7.58. The van der Waals surface area contributed by atoms with E-state index in [1.165, 1.54) is 0 Å². The number of nitrogens with one attached hydrogen (secondary N) is 1. The second-order valence-corrected chi connectivity index (χ2v) is 5.33. The molecule has 0 aliphatic carbocycles. The van der Waals surface area contributed by atoms with E-state index >= 15 is 0 Å². The molecule has 5 heteroatoms. The second-order valence-electron chi connectivity index (χ2n) is 5.33. The molecule has 5 nitrogen and oxygen atoms in total. The molecular formula is C19H17N3O2. The molecule has 0 radical (unpaired) electrons. The molecule has 120 valence electrons. The van der Waals surface area contributed by atoms with Gasteiger partial charge in [0.2, 0.25) is 0 Å². The maximum Gasteiger partial charge on any atom is 0.276 e. The van der Waals surface area contributed by atoms with E-state index in [1.807, 2.05) is 60.7 Å². The largest absolute Gasteiger partial charge is 0.361 e. The molecule has 0 unspecified atom stereocenters. The number of aryl methyl sites for hydroxylation is 2. The highest BCUT2D eigenvalue weighted by Crippen LogP contribution is 2.13. The number of hydrogen-bond donors (Lipinski definition) is 1. The molecule has 0 spiro atoms. The van der Waals surface area contributed by atoms with Gasteiger partial charge in [-0.3, -0.25) is 4.79 Å². The molecule has 0 atom stereocenters. The molecule has 3 rings (SSSR count). The van der Waals surface area contributed by atoms with Gasteiger partial charge in [0.15, 0.2) is 0 Å². The van der Waals surface area contributed by atoms with E-state index in [0.29, 0.717) is 22.7 Å². The molecule has 0 bridgehead atoms. The van der Waals surface area contributed by atoms with Crippen molar-refractivity contribution in [1.29, 1.82) is 0 Å². The third-order valence-electron chi connectivity index (χ3n) is 3.62. The van der Waals surface area contributed by atoms with E-state index in [2.05, 4.69) is 15.7 Å². The average Bonchev–Trinajstić information content (AvgIpc) is 2.95. The summed E-state index contributed by atoms with van der Waals surface area (Å²) in [5.41, 5.74) is 6.10. The van der Waals surface area contributed by atoms with E-state index in [1.54, 1.807) is 13.8 Å². The monoisotopic (exact) mass is 319 g/mol. The number of nitrogens with zero attached hydrogens (tertiary/aromatic N) is 2. The van der Waals surface area contributed by atoms with E-state index in [9.17, 15) is 4.79 Å². The Morgan fingerprint density at radius 2 is 1.50 bits per heavy atom. The fourth-order valence-corrected chi connectivity index (χ4v) is 2.46. The Labute approximate surface area is 140 Å². The van der Waals surface area contributed by atoms with Crippen LogP contribution < -0.4 is 5.43 Å². The summed E-state index contributed by atoms with van der Waals surface area (Å²) in [7, 11) is 0. The van der Waals surface area contributed by atoms with Crippen LogP contribution in [-0.2, 0) is 0 Å². The van der Waals surface area contributed by atoms with Crippen molar-refractivity contribution in [3.05, 3.63) is 88.8 Å². The minimum atomic E-state index is -0.337. The first-order valence-electron chi connectivity index (χ1n) is 7.58. The van der Waals surface area contributed by atoms with Gasteiger partial charge in [-0.2, -0.15) is 5.10 Å². The van der Waals surface area contributed by atoms with Crippen LogP contribution in [0.3, 0.4) is 0 Å². The average molecular weight is 319 g/mol. The maximum absolute atomic E-state index is 12.4. The van der Waals surface area contributed by atoms with Crippen molar-refractivity contribution in [3.63, 3.8) is 0 Å². The summed E-state index contributed by atoms with van der Waals surface area (Å²) in [5, 5.41) is 8.15. The highest BCUT2D eigenvalue weighted by Gasteiger charge is 2.17. The first kappa shape index (κ1) is 15.7. The summed E-state index contributed by atoms with van der Waals surface area (Å²) in [5.74, 6) is 0.136. The lowest BCUT2D eigenvalue weighted by molar-refractivity contribution is 0.0953. The Morgan fingerprint density at radius 1 is 0.958 bits per heavy atom. The van der Waals surface area contributed by atoms with Gasteiger partial charge in [-0.15, -0.1) is 0 Å². The molecular weight excluding hydrogens is 302 g/mol. The number of amides is 1. The van der Waals surface area contributed by atoms with Gasteiger partial charge in [0.25, 0.3) is 5.91 Å². The molecule has 2 aromatic carbocycles. The molecule has 0 fully saturated rings. The van der Waals surface area contributed by atoms with Crippen LogP contribution >= 0.6 is 0 Å². The Morgan fingerprint density at radius 3 is 1.96 bits per heavy atom. The van der Waals surface area contributed by atoms with E-state index in [0.717, 1.165) is 11.1 Å². The highest BCUT2D eigenvalue weighted by molar-refractivity contribution is 6.13. The minimum Gasteiger partial charge on any atom is -0.361 e. The van der Waals surface area contributed by atoms with E-state index in [4.69, 9.17) is 4.52 Å². The quantitative estimate of drug-likeness (QED) is 0.591. The summed E-state index contributed by atoms with van der Waals surface area (Å²) in [4.78, 5) is 12.4. The Balaban J connectivity index is 1.95. The fourth-order valence-electron chi connectivity index (χ4n) is 2.46. The number of hydrazone groups is 1. The zero-order chi connectivity index (χ0) is 16.9. The molecule has 1 amide bonds. The lowest BCUT2D eigenvalue weighted by atomic mass is 10.0. The van der Waals surface area contributed by atoms with Crippen LogP contribution in [0.2, 0.25) is 0 Å². The number of carbonyl (C=O) groups excluding carboxylic acids is 1. The number of rotatable bonds is 4. The van der Waals surface area contributed by atoms with Gasteiger partial charge in [-0.25, -0.2) is 5.43 Å². The molecule has 0 aliphatic rings. The summed E-state index contributed by atoms with van der Waals surface area (Å²) in [6, 6.07) is 19.4. The summed E-state index contributed by atoms with van der Waals surface area (Å²) in [6.07, 6.45) is 0. The van der Waals surface area contributed by atoms with Crippen LogP contribution in [0.25, 0.3) is 0 Å². The van der Waals surface area contributed by atoms with Gasteiger partial charge >= 0.3 is 0 Å². The topological polar surface area (TPSA) is 67.5 Å². The molecule has 0 aliphatic heterocycles. The normalized spacial score (nSPS) is 10.2. The molecule has 1 aromatic heterocycles. The molecule has 0 saturated carbocycles. The second kappa shape index (κ2) is 6.91. The van der Waals surface area contributed by atoms with Gasteiger partial charge in [0, 0.05) is 11.1 Å². The zero-order valence-electron chi connectivity index (χ0n) is 13.5. The SMILES string of the molecule is Cc1noc(C)c1C(=O)NN=C(c1ccccc1)c1ccccc1. The zero-order valence-corrected chi connectivity index (χ0v) is 13.5. The van der Waals surface area contributed by atoms with Crippen molar-refractivity contribution in [3.8, 4) is 0 Å². The summed E-state index contributed by atoms with van der Waals surface area (Å²) >= 11 is 0. The lowest BCUT2D eigenvalue weighted by Crippen LogP contribution is -2.21. The van der Waals surface area contributed by atoms with Crippen LogP contribution in [0.1, 0.15) is 32.9 Å². The Bertz CT molecular complexity index is 807. The van der Waals surface area contributed by atoms with Crippen molar-refractivity contribution in [1.82, 2.24) is 10.6 Å². The number of hydrogen-bond acceptors (Lipinski definition) is 4. The van der Waals surface area contributed by atoms with Crippen molar-refractivity contribution >= 4 is 11.6 Å². The standard InChI is InChI=1S/C19H17N3O2/c1-13-17(14(2)24-22-13)19(23)21-20-18(15-9-5-3-6-10-15)16-11-7-4-8-12-16/h3-12H,1-2H3,(H,21,23). The van der Waals surface area contributed by atoms with E-state index < -0.39 is 0 Å². The Kier molecular flexibility index (Phi) is 4.52. The van der Waals surface area contributed by atoms with Crippen molar-refractivity contribution in [2.24, 2.45) is 5.10 Å². The molecule has 1 N–H and O–H groups in total. The predicted octanol–water partition coefficient (Wildman–Crippen LogP) is 3.47. The van der Waals surface area contributed by atoms with E-state index in [-0.39, 0.29) is 5.91 Å². The van der Waals surface area contributed by atoms with Crippen LogP contribution in [-0.4, -0.2) is 16.8 Å². The number of carbonyl (C=O) groups is 1. The van der Waals surface area contributed by atoms with Crippen LogP contribution in [0.15, 0.2) is 70.3 Å². The van der Waals surface area contributed by atoms with Crippen LogP contribution in [0, 0.1) is 13.8 Å². The fraction of sp³-hybridized carbons (Fsp3) is 0.105. The third kappa shape index (κ3) is 3.25. The first-order chi connectivity index (χ1) is 11.7. The predicted molar refractivity (Wildman–Crippen MR) is 92.0 cm³/mol. The van der Waals surface area contributed by atoms with Crippen molar-refractivity contribution in [2.75, 3.05) is 0 Å². The molecule has 24 heavy (non-hydrogen) atoms. The maximum atomic E-state index is 12.4. The third-order valence-corrected chi connectivity index (χ3v) is 3.62. The Hall–Kier alpha value is -3.21. The number of benzene rings is 2. The van der Waals surface area contributed by atoms with Gasteiger partial charge in [-0.05, 0) is 13.8 Å². The summed E-state index contributed by atoms with van der Waals surface area (Å²) in [6.45, 7) is 3.43. The number of aromatic nitrogens is 1. The van der Waals surface area contributed by atoms with Gasteiger partial charge in [0.1, 0.15) is 11.3 Å². The van der Waals surface area contributed by atoms with Crippen molar-refractivity contribution in [2.45, 2.75) is 13.8 Å². The smallest absolute Gasteiger partial charge is 0.276 e.